The van der Waals surface area contributed by atoms with Crippen molar-refractivity contribution in [2.24, 2.45) is 10.8 Å². The van der Waals surface area contributed by atoms with Gasteiger partial charge in [-0.1, -0.05) is 17.2 Å². The molecule has 1 rings (SSSR count). The number of nitrogens with zero attached hydrogens (tertiary/aromatic N) is 3. The fraction of sp³-hybridized carbons (Fsp3) is 0.300. The number of primary amides is 1. The Hall–Kier alpha value is -2.18. The molecular weight excluding hydrogens is 244 g/mol. The molecule has 0 heterocycles. The first-order valence-corrected chi connectivity index (χ1v) is 5.05. The molecule has 0 fully saturated rings. The van der Waals surface area contributed by atoms with Gasteiger partial charge in [-0.2, -0.15) is 0 Å². The number of nitrogens with one attached hydrogen (secondary N) is 1. The summed E-state index contributed by atoms with van der Waals surface area (Å²) in [6.07, 6.45) is 0. The maximum atomic E-state index is 13.5. The van der Waals surface area contributed by atoms with Crippen molar-refractivity contribution in [3.8, 4) is 0 Å². The molecule has 0 aliphatic heterocycles. The van der Waals surface area contributed by atoms with E-state index in [-0.39, 0.29) is 18.7 Å². The van der Waals surface area contributed by atoms with Crippen LogP contribution in [-0.4, -0.2) is 19.0 Å². The molecule has 18 heavy (non-hydrogen) atoms. The smallest absolute Gasteiger partial charge is 0.239 e. The van der Waals surface area contributed by atoms with E-state index in [2.05, 4.69) is 15.3 Å². The molecule has 0 bridgehead atoms. The highest BCUT2D eigenvalue weighted by Crippen LogP contribution is 2.18. The number of carbonyl (C=O) groups is 1. The van der Waals surface area contributed by atoms with Gasteiger partial charge in [0.2, 0.25) is 5.91 Å². The van der Waals surface area contributed by atoms with Crippen LogP contribution in [0.4, 0.5) is 8.78 Å². The van der Waals surface area contributed by atoms with Crippen molar-refractivity contribution >= 4 is 5.91 Å². The standard InChI is InChI=1S/C10H11F2N5O/c11-7-3-1-2-6(8(7)12)9(10(13)18)15-4-5-16-17-14/h1-3,9,15H,4-5H2,(H2,13,18). The van der Waals surface area contributed by atoms with E-state index in [1.165, 1.54) is 12.1 Å². The summed E-state index contributed by atoms with van der Waals surface area (Å²) in [5.74, 6) is -3.03. The highest BCUT2D eigenvalue weighted by Gasteiger charge is 2.22. The molecular formula is C10H11F2N5O. The first-order valence-electron chi connectivity index (χ1n) is 5.05. The van der Waals surface area contributed by atoms with Crippen LogP contribution in [0.5, 0.6) is 0 Å². The Morgan fingerprint density at radius 3 is 2.89 bits per heavy atom. The SMILES string of the molecule is [N-]=[N+]=NCCNC(C(N)=O)c1cccc(F)c1F. The second kappa shape index (κ2) is 6.53. The third kappa shape index (κ3) is 3.41. The number of hydrogen-bond donors (Lipinski definition) is 2. The van der Waals surface area contributed by atoms with Crippen molar-refractivity contribution < 1.29 is 13.6 Å². The monoisotopic (exact) mass is 255 g/mol. The summed E-state index contributed by atoms with van der Waals surface area (Å²) in [7, 11) is 0. The summed E-state index contributed by atoms with van der Waals surface area (Å²) in [5.41, 5.74) is 13.0. The Labute approximate surface area is 101 Å². The van der Waals surface area contributed by atoms with Crippen molar-refractivity contribution in [3.63, 3.8) is 0 Å². The number of carbonyl (C=O) groups excluding carboxylic acids is 1. The van der Waals surface area contributed by atoms with Gasteiger partial charge in [0.15, 0.2) is 11.6 Å². The van der Waals surface area contributed by atoms with E-state index in [9.17, 15) is 13.6 Å². The average molecular weight is 255 g/mol. The van der Waals surface area contributed by atoms with Crippen LogP contribution in [0.25, 0.3) is 10.4 Å². The average Bonchev–Trinajstić information content (AvgIpc) is 2.33. The topological polar surface area (TPSA) is 104 Å². The van der Waals surface area contributed by atoms with Crippen molar-refractivity contribution in [3.05, 3.63) is 45.8 Å². The van der Waals surface area contributed by atoms with Gasteiger partial charge >= 0.3 is 0 Å². The van der Waals surface area contributed by atoms with E-state index >= 15 is 0 Å². The maximum Gasteiger partial charge on any atom is 0.239 e. The summed E-state index contributed by atoms with van der Waals surface area (Å²) in [5, 5.41) is 5.83. The highest BCUT2D eigenvalue weighted by atomic mass is 19.2. The van der Waals surface area contributed by atoms with Crippen LogP contribution in [0.3, 0.4) is 0 Å². The fourth-order valence-electron chi connectivity index (χ4n) is 1.41. The molecule has 96 valence electrons. The molecule has 1 aromatic carbocycles. The molecule has 0 spiro atoms. The number of halogens is 2. The quantitative estimate of drug-likeness (QED) is 0.347. The summed E-state index contributed by atoms with van der Waals surface area (Å²) >= 11 is 0. The molecule has 0 aromatic heterocycles. The molecule has 6 nitrogen and oxygen atoms in total. The molecule has 8 heteroatoms. The second-order valence-electron chi connectivity index (χ2n) is 3.39. The van der Waals surface area contributed by atoms with Gasteiger partial charge in [-0.3, -0.25) is 4.79 Å². The molecule has 0 aliphatic carbocycles. The molecule has 3 N–H and O–H groups in total. The zero-order valence-corrected chi connectivity index (χ0v) is 9.31. The third-order valence-corrected chi connectivity index (χ3v) is 2.20. The van der Waals surface area contributed by atoms with Crippen molar-refractivity contribution in [2.45, 2.75) is 6.04 Å². The Bertz CT molecular complexity index is 487. The van der Waals surface area contributed by atoms with Gasteiger partial charge in [-0.15, -0.1) is 0 Å². The van der Waals surface area contributed by atoms with Gasteiger partial charge in [0.25, 0.3) is 0 Å². The van der Waals surface area contributed by atoms with E-state index in [1.807, 2.05) is 0 Å². The lowest BCUT2D eigenvalue weighted by molar-refractivity contribution is -0.120. The highest BCUT2D eigenvalue weighted by molar-refractivity contribution is 5.81. The van der Waals surface area contributed by atoms with Crippen LogP contribution < -0.4 is 11.1 Å². The van der Waals surface area contributed by atoms with Gasteiger partial charge in [-0.25, -0.2) is 8.78 Å². The summed E-state index contributed by atoms with van der Waals surface area (Å²) in [4.78, 5) is 13.7. The van der Waals surface area contributed by atoms with Gasteiger partial charge in [0.05, 0.1) is 0 Å². The number of rotatable bonds is 6. The lowest BCUT2D eigenvalue weighted by Crippen LogP contribution is -2.35. The lowest BCUT2D eigenvalue weighted by atomic mass is 10.1. The minimum Gasteiger partial charge on any atom is -0.368 e. The second-order valence-corrected chi connectivity index (χ2v) is 3.39. The zero-order chi connectivity index (χ0) is 13.5. The van der Waals surface area contributed by atoms with Crippen molar-refractivity contribution in [2.75, 3.05) is 13.1 Å². The minimum atomic E-state index is -1.17. The van der Waals surface area contributed by atoms with Gasteiger partial charge in [0.1, 0.15) is 6.04 Å². The minimum absolute atomic E-state index is 0.0667. The van der Waals surface area contributed by atoms with Crippen molar-refractivity contribution in [1.29, 1.82) is 0 Å². The maximum absolute atomic E-state index is 13.5. The summed E-state index contributed by atoms with van der Waals surface area (Å²) in [6, 6.07) is 2.30. The molecule has 0 saturated carbocycles. The van der Waals surface area contributed by atoms with Crippen LogP contribution >= 0.6 is 0 Å². The Kier molecular flexibility index (Phi) is 5.04. The first kappa shape index (κ1) is 13.9. The predicted molar refractivity (Wildman–Crippen MR) is 60.3 cm³/mol. The van der Waals surface area contributed by atoms with Gasteiger partial charge in [0, 0.05) is 23.6 Å². The molecule has 1 atom stereocenters. The van der Waals surface area contributed by atoms with Gasteiger partial charge in [-0.05, 0) is 11.6 Å². The third-order valence-electron chi connectivity index (χ3n) is 2.20. The van der Waals surface area contributed by atoms with Gasteiger partial charge < -0.3 is 11.1 Å². The molecule has 1 amide bonds. The zero-order valence-electron chi connectivity index (χ0n) is 9.31. The Morgan fingerprint density at radius 1 is 1.56 bits per heavy atom. The van der Waals surface area contributed by atoms with E-state index < -0.39 is 23.6 Å². The van der Waals surface area contributed by atoms with E-state index in [4.69, 9.17) is 11.3 Å². The van der Waals surface area contributed by atoms with Crippen molar-refractivity contribution in [1.82, 2.24) is 5.32 Å². The van der Waals surface area contributed by atoms with E-state index in [0.717, 1.165) is 6.07 Å². The number of azide groups is 1. The fourth-order valence-corrected chi connectivity index (χ4v) is 1.41. The number of hydrogen-bond acceptors (Lipinski definition) is 3. The molecule has 0 radical (unpaired) electrons. The van der Waals surface area contributed by atoms with Crippen LogP contribution in [0.2, 0.25) is 0 Å². The van der Waals surface area contributed by atoms with Crippen LogP contribution in [0.15, 0.2) is 23.3 Å². The van der Waals surface area contributed by atoms with Crippen LogP contribution in [0.1, 0.15) is 11.6 Å². The summed E-state index contributed by atoms with van der Waals surface area (Å²) in [6.45, 7) is 0.185. The first-order chi connectivity index (χ1) is 8.57. The number of nitrogens with two attached hydrogens (primary N) is 1. The number of benzene rings is 1. The van der Waals surface area contributed by atoms with Crippen LogP contribution in [0, 0.1) is 11.6 Å². The molecule has 1 unspecified atom stereocenters. The molecule has 0 aliphatic rings. The molecule has 1 aromatic rings. The molecule has 0 saturated heterocycles. The predicted octanol–water partition coefficient (Wildman–Crippen LogP) is 1.39. The lowest BCUT2D eigenvalue weighted by Gasteiger charge is -2.16. The van der Waals surface area contributed by atoms with E-state index in [0.29, 0.717) is 0 Å². The number of amides is 1. The normalized spacial score (nSPS) is 11.7. The Morgan fingerprint density at radius 2 is 2.28 bits per heavy atom. The largest absolute Gasteiger partial charge is 0.368 e. The summed E-state index contributed by atoms with van der Waals surface area (Å²) < 4.78 is 26.5. The van der Waals surface area contributed by atoms with Crippen LogP contribution in [-0.2, 0) is 4.79 Å². The Balaban J connectivity index is 2.87. The van der Waals surface area contributed by atoms with E-state index in [1.54, 1.807) is 0 Å².